The van der Waals surface area contributed by atoms with Crippen LogP contribution in [0.15, 0.2) is 23.3 Å². The standard InChI is InChI=1S/C8H10N2O/c11-8-9-4-1-5-10(8)6-7-2-3-7/h1,4-5,7H,2-3,6H2. The highest BCUT2D eigenvalue weighted by atomic mass is 16.1. The van der Waals surface area contributed by atoms with Crippen molar-refractivity contribution in [2.45, 2.75) is 19.4 Å². The van der Waals surface area contributed by atoms with Crippen LogP contribution in [-0.2, 0) is 6.54 Å². The molecule has 0 radical (unpaired) electrons. The first-order valence-electron chi connectivity index (χ1n) is 3.88. The molecule has 3 heteroatoms. The van der Waals surface area contributed by atoms with Gasteiger partial charge in [-0.1, -0.05) is 0 Å². The van der Waals surface area contributed by atoms with Crippen LogP contribution in [0.2, 0.25) is 0 Å². The number of hydrogen-bond acceptors (Lipinski definition) is 2. The van der Waals surface area contributed by atoms with E-state index in [2.05, 4.69) is 4.98 Å². The molecule has 0 spiro atoms. The number of aromatic nitrogens is 2. The molecule has 0 aromatic carbocycles. The molecule has 1 saturated carbocycles. The van der Waals surface area contributed by atoms with E-state index in [9.17, 15) is 4.79 Å². The summed E-state index contributed by atoms with van der Waals surface area (Å²) in [5.41, 5.74) is -0.126. The van der Waals surface area contributed by atoms with Crippen molar-refractivity contribution in [3.8, 4) is 0 Å². The molecule has 0 atom stereocenters. The second-order valence-corrected chi connectivity index (χ2v) is 3.00. The Morgan fingerprint density at radius 2 is 2.45 bits per heavy atom. The van der Waals surface area contributed by atoms with Gasteiger partial charge in [0.15, 0.2) is 0 Å². The van der Waals surface area contributed by atoms with E-state index in [0.717, 1.165) is 12.5 Å². The Labute approximate surface area is 64.7 Å². The number of hydrogen-bond donors (Lipinski definition) is 0. The summed E-state index contributed by atoms with van der Waals surface area (Å²) in [6.45, 7) is 0.854. The fourth-order valence-electron chi connectivity index (χ4n) is 1.10. The second kappa shape index (κ2) is 2.49. The van der Waals surface area contributed by atoms with E-state index in [1.807, 2.05) is 0 Å². The van der Waals surface area contributed by atoms with Gasteiger partial charge in [0.25, 0.3) is 0 Å². The van der Waals surface area contributed by atoms with Crippen LogP contribution in [0, 0.1) is 5.92 Å². The van der Waals surface area contributed by atoms with Crippen LogP contribution >= 0.6 is 0 Å². The lowest BCUT2D eigenvalue weighted by Crippen LogP contribution is -2.22. The van der Waals surface area contributed by atoms with Gasteiger partial charge in [0, 0.05) is 18.9 Å². The van der Waals surface area contributed by atoms with Gasteiger partial charge in [-0.25, -0.2) is 9.78 Å². The topological polar surface area (TPSA) is 34.9 Å². The maximum absolute atomic E-state index is 11.0. The number of nitrogens with zero attached hydrogens (tertiary/aromatic N) is 2. The van der Waals surface area contributed by atoms with Gasteiger partial charge in [0.05, 0.1) is 0 Å². The van der Waals surface area contributed by atoms with Crippen LogP contribution in [0.25, 0.3) is 0 Å². The third-order valence-corrected chi connectivity index (χ3v) is 1.93. The zero-order chi connectivity index (χ0) is 7.68. The van der Waals surface area contributed by atoms with Crippen LogP contribution in [0.3, 0.4) is 0 Å². The lowest BCUT2D eigenvalue weighted by Gasteiger charge is -1.99. The first-order chi connectivity index (χ1) is 5.36. The molecule has 1 heterocycles. The molecule has 0 bridgehead atoms. The van der Waals surface area contributed by atoms with Gasteiger partial charge in [-0.3, -0.25) is 4.57 Å². The van der Waals surface area contributed by atoms with Crippen LogP contribution in [0.5, 0.6) is 0 Å². The molecule has 3 nitrogen and oxygen atoms in total. The average molecular weight is 150 g/mol. The zero-order valence-corrected chi connectivity index (χ0v) is 6.23. The Balaban J connectivity index is 2.21. The van der Waals surface area contributed by atoms with Crippen molar-refractivity contribution >= 4 is 0 Å². The molecule has 58 valence electrons. The lowest BCUT2D eigenvalue weighted by molar-refractivity contribution is 0.592. The molecule has 1 aliphatic carbocycles. The minimum atomic E-state index is -0.126. The first kappa shape index (κ1) is 6.58. The largest absolute Gasteiger partial charge is 0.347 e. The Bertz CT molecular complexity index is 301. The average Bonchev–Trinajstić information content (AvgIpc) is 2.78. The molecule has 0 amide bonds. The molecule has 0 N–H and O–H groups in total. The Morgan fingerprint density at radius 1 is 1.64 bits per heavy atom. The summed E-state index contributed by atoms with van der Waals surface area (Å²) < 4.78 is 1.68. The Kier molecular flexibility index (Phi) is 1.49. The smallest absolute Gasteiger partial charge is 0.299 e. The minimum absolute atomic E-state index is 0.126. The molecule has 0 unspecified atom stereocenters. The predicted molar refractivity (Wildman–Crippen MR) is 41.2 cm³/mol. The molecular formula is C8H10N2O. The summed E-state index contributed by atoms with van der Waals surface area (Å²) in [5.74, 6) is 0.733. The van der Waals surface area contributed by atoms with E-state index >= 15 is 0 Å². The number of rotatable bonds is 2. The fourth-order valence-corrected chi connectivity index (χ4v) is 1.10. The van der Waals surface area contributed by atoms with Crippen molar-refractivity contribution < 1.29 is 0 Å². The predicted octanol–water partition coefficient (Wildman–Crippen LogP) is 0.653. The molecule has 0 aliphatic heterocycles. The van der Waals surface area contributed by atoms with Crippen molar-refractivity contribution in [3.05, 3.63) is 28.9 Å². The molecule has 1 fully saturated rings. The van der Waals surface area contributed by atoms with Gasteiger partial charge >= 0.3 is 5.69 Å². The van der Waals surface area contributed by atoms with E-state index in [0.29, 0.717) is 0 Å². The second-order valence-electron chi connectivity index (χ2n) is 3.00. The highest BCUT2D eigenvalue weighted by Crippen LogP contribution is 2.29. The highest BCUT2D eigenvalue weighted by Gasteiger charge is 2.21. The minimum Gasteiger partial charge on any atom is -0.299 e. The highest BCUT2D eigenvalue weighted by molar-refractivity contribution is 4.83. The van der Waals surface area contributed by atoms with Crippen molar-refractivity contribution in [3.63, 3.8) is 0 Å². The van der Waals surface area contributed by atoms with Crippen molar-refractivity contribution in [2.75, 3.05) is 0 Å². The van der Waals surface area contributed by atoms with E-state index < -0.39 is 0 Å². The first-order valence-corrected chi connectivity index (χ1v) is 3.88. The third-order valence-electron chi connectivity index (χ3n) is 1.93. The third kappa shape index (κ3) is 1.48. The van der Waals surface area contributed by atoms with Gasteiger partial charge < -0.3 is 0 Å². The van der Waals surface area contributed by atoms with Crippen LogP contribution in [0.4, 0.5) is 0 Å². The zero-order valence-electron chi connectivity index (χ0n) is 6.23. The maximum Gasteiger partial charge on any atom is 0.347 e. The monoisotopic (exact) mass is 150 g/mol. The molecule has 1 aliphatic rings. The lowest BCUT2D eigenvalue weighted by atomic mass is 10.4. The Morgan fingerprint density at radius 3 is 3.09 bits per heavy atom. The van der Waals surface area contributed by atoms with E-state index in [1.54, 1.807) is 16.8 Å². The van der Waals surface area contributed by atoms with E-state index in [4.69, 9.17) is 0 Å². The molecule has 1 aromatic heterocycles. The normalized spacial score (nSPS) is 16.7. The van der Waals surface area contributed by atoms with E-state index in [1.165, 1.54) is 19.0 Å². The van der Waals surface area contributed by atoms with Crippen LogP contribution in [-0.4, -0.2) is 9.55 Å². The van der Waals surface area contributed by atoms with Crippen LogP contribution in [0.1, 0.15) is 12.8 Å². The van der Waals surface area contributed by atoms with Gasteiger partial charge in [-0.15, -0.1) is 0 Å². The van der Waals surface area contributed by atoms with Crippen molar-refractivity contribution in [1.29, 1.82) is 0 Å². The van der Waals surface area contributed by atoms with E-state index in [-0.39, 0.29) is 5.69 Å². The van der Waals surface area contributed by atoms with Crippen LogP contribution < -0.4 is 5.69 Å². The van der Waals surface area contributed by atoms with Gasteiger partial charge in [-0.05, 0) is 24.8 Å². The summed E-state index contributed by atoms with van der Waals surface area (Å²) in [4.78, 5) is 14.7. The van der Waals surface area contributed by atoms with Gasteiger partial charge in [0.1, 0.15) is 0 Å². The van der Waals surface area contributed by atoms with Gasteiger partial charge in [0.2, 0.25) is 0 Å². The summed E-state index contributed by atoms with van der Waals surface area (Å²) in [6, 6.07) is 1.80. The fraction of sp³-hybridized carbons (Fsp3) is 0.500. The summed E-state index contributed by atoms with van der Waals surface area (Å²) >= 11 is 0. The molecular weight excluding hydrogens is 140 g/mol. The summed E-state index contributed by atoms with van der Waals surface area (Å²) in [7, 11) is 0. The van der Waals surface area contributed by atoms with Crippen molar-refractivity contribution in [2.24, 2.45) is 5.92 Å². The Hall–Kier alpha value is -1.12. The summed E-state index contributed by atoms with van der Waals surface area (Å²) in [6.07, 6.45) is 5.86. The van der Waals surface area contributed by atoms with Gasteiger partial charge in [-0.2, -0.15) is 0 Å². The molecule has 11 heavy (non-hydrogen) atoms. The molecule has 1 aromatic rings. The summed E-state index contributed by atoms with van der Waals surface area (Å²) in [5, 5.41) is 0. The SMILES string of the molecule is O=c1ncccn1CC1CC1. The molecule has 2 rings (SSSR count). The van der Waals surface area contributed by atoms with Crippen molar-refractivity contribution in [1.82, 2.24) is 9.55 Å². The maximum atomic E-state index is 11.0. The molecule has 0 saturated heterocycles. The quantitative estimate of drug-likeness (QED) is 0.620.